The van der Waals surface area contributed by atoms with E-state index < -0.39 is 11.6 Å². The van der Waals surface area contributed by atoms with Crippen LogP contribution in [-0.4, -0.2) is 74.6 Å². The summed E-state index contributed by atoms with van der Waals surface area (Å²) in [6.07, 6.45) is 6.36. The number of aromatic nitrogens is 2. The van der Waals surface area contributed by atoms with Gasteiger partial charge in [-0.25, -0.2) is 0 Å². The molecule has 2 atom stereocenters. The number of ether oxygens (including phenoxy) is 1. The lowest BCUT2D eigenvalue weighted by atomic mass is 9.75. The Kier molecular flexibility index (Phi) is 6.87. The number of rotatable bonds is 5. The molecule has 1 amide bonds. The maximum absolute atomic E-state index is 12.4. The summed E-state index contributed by atoms with van der Waals surface area (Å²) in [7, 11) is 0. The molecule has 2 aromatic rings. The highest BCUT2D eigenvalue weighted by Crippen LogP contribution is 2.41. The smallest absolute Gasteiger partial charge is 0.290 e. The van der Waals surface area contributed by atoms with E-state index in [1.165, 1.54) is 12.8 Å². The van der Waals surface area contributed by atoms with Crippen molar-refractivity contribution in [1.29, 1.82) is 0 Å². The van der Waals surface area contributed by atoms with E-state index in [9.17, 15) is 9.90 Å². The highest BCUT2D eigenvalue weighted by atomic mass is 16.5. The Hall–Kier alpha value is -2.69. The minimum Gasteiger partial charge on any atom is -0.483 e. The van der Waals surface area contributed by atoms with Crippen molar-refractivity contribution >= 4 is 12.4 Å². The first-order valence-electron chi connectivity index (χ1n) is 11.4. The van der Waals surface area contributed by atoms with Gasteiger partial charge in [-0.1, -0.05) is 5.16 Å². The van der Waals surface area contributed by atoms with Gasteiger partial charge in [0.2, 0.25) is 0 Å². The molecule has 2 aliphatic heterocycles. The van der Waals surface area contributed by atoms with Gasteiger partial charge in [-0.2, -0.15) is 0 Å². The van der Waals surface area contributed by atoms with Gasteiger partial charge in [-0.15, -0.1) is 0 Å². The molecule has 4 heterocycles. The number of nitrogens with one attached hydrogen (secondary N) is 2. The minimum atomic E-state index is -1.02. The first-order valence-corrected chi connectivity index (χ1v) is 11.4. The summed E-state index contributed by atoms with van der Waals surface area (Å²) >= 11 is 0. The highest BCUT2D eigenvalue weighted by molar-refractivity contribution is 5.92. The molecule has 4 N–H and O–H groups in total. The van der Waals surface area contributed by atoms with E-state index in [0.29, 0.717) is 24.6 Å². The number of nitrogens with zero attached hydrogens (tertiary/aromatic N) is 2. The third-order valence-corrected chi connectivity index (χ3v) is 6.84. The van der Waals surface area contributed by atoms with Gasteiger partial charge in [-0.05, 0) is 44.7 Å². The predicted molar refractivity (Wildman–Crippen MR) is 118 cm³/mol. The monoisotopic (exact) mass is 460 g/mol. The number of aromatic amines is 1. The Balaban J connectivity index is 0.000000821. The van der Waals surface area contributed by atoms with Crippen LogP contribution in [0.5, 0.6) is 0 Å². The molecule has 10 heteroatoms. The van der Waals surface area contributed by atoms with E-state index in [4.69, 9.17) is 19.2 Å². The Bertz CT molecular complexity index is 929. The topological polar surface area (TPSA) is 141 Å². The van der Waals surface area contributed by atoms with Crippen LogP contribution in [0, 0.1) is 0 Å². The van der Waals surface area contributed by atoms with Crippen LogP contribution in [0.3, 0.4) is 0 Å². The minimum absolute atomic E-state index is 0.224. The SMILES string of the molecule is C[C@]1(O)CC2(CCN(Cc3cc(C4CC4)on3)CC2)OC[C@@H]1NC(=O)c1ccc[nH]1.O=CO. The second-order valence-electron chi connectivity index (χ2n) is 9.51. The Morgan fingerprint density at radius 2 is 2.12 bits per heavy atom. The maximum Gasteiger partial charge on any atom is 0.290 e. The van der Waals surface area contributed by atoms with Gasteiger partial charge in [0.15, 0.2) is 0 Å². The summed E-state index contributed by atoms with van der Waals surface area (Å²) in [6, 6.07) is 5.15. The average Bonchev–Trinajstić information content (AvgIpc) is 3.27. The molecular formula is C23H32N4O6. The molecule has 0 unspecified atom stereocenters. The summed E-state index contributed by atoms with van der Waals surface area (Å²) in [5, 5.41) is 25.2. The zero-order valence-corrected chi connectivity index (χ0v) is 18.8. The number of aliphatic hydroxyl groups is 1. The highest BCUT2D eigenvalue weighted by Gasteiger charge is 2.49. The molecule has 2 saturated heterocycles. The van der Waals surface area contributed by atoms with Gasteiger partial charge in [-0.3, -0.25) is 14.5 Å². The summed E-state index contributed by atoms with van der Waals surface area (Å²) in [4.78, 5) is 26.0. The van der Waals surface area contributed by atoms with E-state index in [-0.39, 0.29) is 18.0 Å². The van der Waals surface area contributed by atoms with Crippen molar-refractivity contribution < 1.29 is 29.1 Å². The summed E-state index contributed by atoms with van der Waals surface area (Å²) in [6.45, 7) is 4.44. The molecule has 0 aromatic carbocycles. The second-order valence-corrected chi connectivity index (χ2v) is 9.51. The van der Waals surface area contributed by atoms with Crippen LogP contribution in [0.2, 0.25) is 0 Å². The lowest BCUT2D eigenvalue weighted by Gasteiger charge is -2.51. The number of carboxylic acid groups (broad SMARTS) is 1. The van der Waals surface area contributed by atoms with Crippen LogP contribution < -0.4 is 5.32 Å². The lowest BCUT2D eigenvalue weighted by Crippen LogP contribution is -2.63. The number of hydrogen-bond acceptors (Lipinski definition) is 7. The van der Waals surface area contributed by atoms with Crippen LogP contribution in [0.4, 0.5) is 0 Å². The zero-order chi connectivity index (χ0) is 23.5. The van der Waals surface area contributed by atoms with Crippen molar-refractivity contribution in [2.75, 3.05) is 19.7 Å². The van der Waals surface area contributed by atoms with Gasteiger partial charge in [0, 0.05) is 44.2 Å². The third-order valence-electron chi connectivity index (χ3n) is 6.84. The van der Waals surface area contributed by atoms with Crippen molar-refractivity contribution in [3.05, 3.63) is 41.5 Å². The van der Waals surface area contributed by atoms with Gasteiger partial charge < -0.3 is 29.8 Å². The van der Waals surface area contributed by atoms with Gasteiger partial charge in [0.1, 0.15) is 11.5 Å². The zero-order valence-electron chi connectivity index (χ0n) is 18.8. The van der Waals surface area contributed by atoms with Crippen molar-refractivity contribution in [2.24, 2.45) is 0 Å². The average molecular weight is 461 g/mol. The van der Waals surface area contributed by atoms with Crippen molar-refractivity contribution in [3.8, 4) is 0 Å². The molecule has 1 spiro atoms. The Labute approximate surface area is 192 Å². The molecule has 0 bridgehead atoms. The van der Waals surface area contributed by atoms with Crippen molar-refractivity contribution in [3.63, 3.8) is 0 Å². The lowest BCUT2D eigenvalue weighted by molar-refractivity contribution is -0.186. The van der Waals surface area contributed by atoms with Crippen LogP contribution in [0.15, 0.2) is 28.9 Å². The normalized spacial score (nSPS) is 26.9. The number of H-pyrrole nitrogens is 1. The Morgan fingerprint density at radius 3 is 2.73 bits per heavy atom. The third kappa shape index (κ3) is 5.63. The van der Waals surface area contributed by atoms with Crippen molar-refractivity contribution in [1.82, 2.24) is 20.4 Å². The molecule has 2 aromatic heterocycles. The molecule has 5 rings (SSSR count). The van der Waals surface area contributed by atoms with E-state index in [1.807, 2.05) is 0 Å². The van der Waals surface area contributed by atoms with Crippen LogP contribution in [0.1, 0.15) is 66.9 Å². The first-order chi connectivity index (χ1) is 15.8. The Morgan fingerprint density at radius 1 is 1.39 bits per heavy atom. The van der Waals surface area contributed by atoms with Gasteiger partial charge >= 0.3 is 0 Å². The standard InChI is InChI=1S/C22H30N4O4.CH2O2/c1-21(28)14-22(29-13-19(21)24-20(27)17-3-2-8-23-17)6-9-26(10-7-22)12-16-11-18(30-25-16)15-4-5-15;2-1-3/h2-3,8,11,15,19,23,28H,4-7,9-10,12-14H2,1H3,(H,24,27);1H,(H,2,3)/t19-,21-;/m0./s1. The van der Waals surface area contributed by atoms with E-state index >= 15 is 0 Å². The fourth-order valence-electron chi connectivity index (χ4n) is 4.80. The van der Waals surface area contributed by atoms with Crippen LogP contribution >= 0.6 is 0 Å². The molecule has 33 heavy (non-hydrogen) atoms. The quantitative estimate of drug-likeness (QED) is 0.496. The fraction of sp³-hybridized carbons (Fsp3) is 0.609. The second kappa shape index (κ2) is 9.66. The largest absolute Gasteiger partial charge is 0.483 e. The number of carbonyl (C=O) groups excluding carboxylic acids is 1. The maximum atomic E-state index is 12.4. The van der Waals surface area contributed by atoms with Gasteiger partial charge in [0.05, 0.1) is 29.5 Å². The summed E-state index contributed by atoms with van der Waals surface area (Å²) in [5.41, 5.74) is 0.124. The predicted octanol–water partition coefficient (Wildman–Crippen LogP) is 1.89. The molecule has 3 fully saturated rings. The number of hydrogen-bond donors (Lipinski definition) is 4. The van der Waals surface area contributed by atoms with Crippen LogP contribution in [-0.2, 0) is 16.1 Å². The van der Waals surface area contributed by atoms with E-state index in [0.717, 1.165) is 43.9 Å². The molecule has 10 nitrogen and oxygen atoms in total. The van der Waals surface area contributed by atoms with Crippen molar-refractivity contribution in [2.45, 2.75) is 68.7 Å². The molecule has 180 valence electrons. The number of amides is 1. The fourth-order valence-corrected chi connectivity index (χ4v) is 4.80. The molecular weight excluding hydrogens is 428 g/mol. The molecule has 1 aliphatic carbocycles. The molecule has 3 aliphatic rings. The van der Waals surface area contributed by atoms with Gasteiger partial charge in [0.25, 0.3) is 12.4 Å². The number of carbonyl (C=O) groups is 2. The van der Waals surface area contributed by atoms with E-state index in [1.54, 1.807) is 25.3 Å². The number of piperidine rings is 1. The first kappa shape index (κ1) is 23.5. The van der Waals surface area contributed by atoms with E-state index in [2.05, 4.69) is 26.4 Å². The molecule has 1 saturated carbocycles. The molecule has 0 radical (unpaired) electrons. The van der Waals surface area contributed by atoms with Crippen LogP contribution in [0.25, 0.3) is 0 Å². The summed E-state index contributed by atoms with van der Waals surface area (Å²) < 4.78 is 11.7. The number of likely N-dealkylation sites (tertiary alicyclic amines) is 1. The summed E-state index contributed by atoms with van der Waals surface area (Å²) in [5.74, 6) is 1.38.